The number of phosphoric ester groups is 1. The van der Waals surface area contributed by atoms with E-state index in [2.05, 4.69) is 4.52 Å². The Balaban J connectivity index is 1.58. The van der Waals surface area contributed by atoms with Gasteiger partial charge in [0.25, 0.3) is 5.56 Å². The number of thiophene rings is 1. The number of aliphatic hydroxyl groups excluding tert-OH is 2. The summed E-state index contributed by atoms with van der Waals surface area (Å²) in [4.78, 5) is 44.8. The second-order valence-electron chi connectivity index (χ2n) is 7.39. The molecule has 1 aliphatic heterocycles. The van der Waals surface area contributed by atoms with Crippen molar-refractivity contribution in [2.45, 2.75) is 31.1 Å². The lowest BCUT2D eigenvalue weighted by atomic mass is 10.1. The lowest BCUT2D eigenvalue weighted by molar-refractivity contribution is -0.0548. The molecule has 0 saturated carbocycles. The van der Waals surface area contributed by atoms with E-state index in [0.717, 1.165) is 36.7 Å². The van der Waals surface area contributed by atoms with Gasteiger partial charge in [-0.15, -0.1) is 11.3 Å². The number of benzene rings is 1. The fraction of sp³-hybridized carbons (Fsp3) is 0.300. The average molecular weight is 496 g/mol. The SMILES string of the molecule is O=c1ccn([C@@H]2O[C@H](COP(=O)(O)O)[C@H](O)C2O)c(=O)n1Cc1ccc(-c2ccccc2)s1. The highest BCUT2D eigenvalue weighted by Crippen LogP contribution is 2.38. The summed E-state index contributed by atoms with van der Waals surface area (Å²) in [5.74, 6) is 0. The largest absolute Gasteiger partial charge is 0.469 e. The van der Waals surface area contributed by atoms with E-state index in [1.54, 1.807) is 0 Å². The molecule has 176 valence electrons. The minimum atomic E-state index is -4.82. The van der Waals surface area contributed by atoms with Crippen LogP contribution in [0.1, 0.15) is 11.1 Å². The minimum Gasteiger partial charge on any atom is -0.387 e. The smallest absolute Gasteiger partial charge is 0.387 e. The highest BCUT2D eigenvalue weighted by Gasteiger charge is 2.45. The van der Waals surface area contributed by atoms with E-state index in [4.69, 9.17) is 14.5 Å². The molecule has 0 bridgehead atoms. The van der Waals surface area contributed by atoms with E-state index in [1.807, 2.05) is 42.5 Å². The first kappa shape index (κ1) is 23.7. The topological polar surface area (TPSA) is 160 Å². The van der Waals surface area contributed by atoms with Gasteiger partial charge in [-0.2, -0.15) is 0 Å². The summed E-state index contributed by atoms with van der Waals surface area (Å²) in [5.41, 5.74) is -0.322. The number of aromatic nitrogens is 2. The van der Waals surface area contributed by atoms with Crippen LogP contribution < -0.4 is 11.2 Å². The molecular formula is C20H21N2O9PS. The molecule has 0 radical (unpaired) electrons. The van der Waals surface area contributed by atoms with Gasteiger partial charge in [-0.05, 0) is 17.7 Å². The Bertz CT molecular complexity index is 1280. The van der Waals surface area contributed by atoms with Crippen molar-refractivity contribution in [3.63, 3.8) is 0 Å². The molecule has 0 aliphatic carbocycles. The first-order chi connectivity index (χ1) is 15.6. The van der Waals surface area contributed by atoms with Crippen molar-refractivity contribution in [2.75, 3.05) is 6.61 Å². The van der Waals surface area contributed by atoms with Gasteiger partial charge < -0.3 is 24.7 Å². The first-order valence-electron chi connectivity index (χ1n) is 9.82. The molecule has 11 nitrogen and oxygen atoms in total. The highest BCUT2D eigenvalue weighted by molar-refractivity contribution is 7.46. The van der Waals surface area contributed by atoms with Crippen LogP contribution in [-0.4, -0.2) is 54.1 Å². The lowest BCUT2D eigenvalue weighted by Crippen LogP contribution is -2.43. The van der Waals surface area contributed by atoms with E-state index in [1.165, 1.54) is 11.3 Å². The molecule has 1 aliphatic rings. The van der Waals surface area contributed by atoms with Crippen LogP contribution in [0.2, 0.25) is 0 Å². The maximum atomic E-state index is 13.0. The molecule has 0 amide bonds. The van der Waals surface area contributed by atoms with E-state index < -0.39 is 50.2 Å². The fourth-order valence-electron chi connectivity index (χ4n) is 3.51. The molecule has 1 unspecified atom stereocenters. The highest BCUT2D eigenvalue weighted by atomic mass is 32.1. The van der Waals surface area contributed by atoms with Crippen molar-refractivity contribution < 1.29 is 33.8 Å². The molecule has 13 heteroatoms. The molecule has 1 aromatic carbocycles. The van der Waals surface area contributed by atoms with E-state index in [0.29, 0.717) is 0 Å². The van der Waals surface area contributed by atoms with Crippen LogP contribution in [0, 0.1) is 0 Å². The molecule has 33 heavy (non-hydrogen) atoms. The van der Waals surface area contributed by atoms with Gasteiger partial charge in [0.1, 0.15) is 18.3 Å². The molecule has 4 atom stereocenters. The zero-order valence-electron chi connectivity index (χ0n) is 17.0. The monoisotopic (exact) mass is 496 g/mol. The molecule has 3 heterocycles. The van der Waals surface area contributed by atoms with Gasteiger partial charge in [0.05, 0.1) is 13.2 Å². The molecular weight excluding hydrogens is 475 g/mol. The second-order valence-corrected chi connectivity index (χ2v) is 9.80. The van der Waals surface area contributed by atoms with Gasteiger partial charge in [-0.3, -0.25) is 18.5 Å². The maximum absolute atomic E-state index is 13.0. The standard InChI is InChI=1S/C20H21N2O9PS/c23-16-8-9-21(19-18(25)17(24)14(31-19)11-30-32(27,28)29)20(26)22(16)10-13-6-7-15(33-13)12-4-2-1-3-5-12/h1-9,14,17-19,24-25H,10-11H2,(H2,27,28,29)/t14-,17+,18?,19-/m1/s1. The Morgan fingerprint density at radius 2 is 1.76 bits per heavy atom. The van der Waals surface area contributed by atoms with Crippen molar-refractivity contribution in [3.8, 4) is 10.4 Å². The number of hydrogen-bond donors (Lipinski definition) is 4. The Labute approximate surface area is 191 Å². The van der Waals surface area contributed by atoms with Crippen molar-refractivity contribution >= 4 is 19.2 Å². The van der Waals surface area contributed by atoms with E-state index in [9.17, 15) is 24.4 Å². The minimum absolute atomic E-state index is 0.00782. The molecule has 1 fully saturated rings. The third-order valence-corrected chi connectivity index (χ3v) is 6.75. The number of phosphoric acid groups is 1. The number of hydrogen-bond acceptors (Lipinski definition) is 8. The second kappa shape index (κ2) is 9.45. The molecule has 3 aromatic rings. The molecule has 4 rings (SSSR count). The predicted octanol–water partition coefficient (Wildman–Crippen LogP) is 0.515. The normalized spacial score (nSPS) is 23.2. The quantitative estimate of drug-likeness (QED) is 0.342. The van der Waals surface area contributed by atoms with Crippen LogP contribution >= 0.6 is 19.2 Å². The molecule has 2 aromatic heterocycles. The summed E-state index contributed by atoms with van der Waals surface area (Å²) in [6.45, 7) is -0.711. The molecule has 4 N–H and O–H groups in total. The van der Waals surface area contributed by atoms with Crippen LogP contribution in [0.5, 0.6) is 0 Å². The summed E-state index contributed by atoms with van der Waals surface area (Å²) in [5, 5.41) is 20.5. The summed E-state index contributed by atoms with van der Waals surface area (Å²) in [6, 6.07) is 14.5. The zero-order chi connectivity index (χ0) is 23.8. The summed E-state index contributed by atoms with van der Waals surface area (Å²) in [6.07, 6.45) is -4.70. The van der Waals surface area contributed by atoms with Gasteiger partial charge in [-0.25, -0.2) is 9.36 Å². The van der Waals surface area contributed by atoms with Crippen LogP contribution in [-0.2, 0) is 20.4 Å². The van der Waals surface area contributed by atoms with Crippen molar-refractivity contribution in [1.29, 1.82) is 0 Å². The lowest BCUT2D eigenvalue weighted by Gasteiger charge is -2.18. The van der Waals surface area contributed by atoms with Crippen molar-refractivity contribution in [2.24, 2.45) is 0 Å². The Morgan fingerprint density at radius 1 is 1.03 bits per heavy atom. The Hall–Kier alpha value is -2.41. The predicted molar refractivity (Wildman–Crippen MR) is 118 cm³/mol. The third-order valence-electron chi connectivity index (χ3n) is 5.15. The summed E-state index contributed by atoms with van der Waals surface area (Å²) in [7, 11) is -4.82. The van der Waals surface area contributed by atoms with Crippen molar-refractivity contribution in [3.05, 3.63) is 80.4 Å². The average Bonchev–Trinajstić information content (AvgIpc) is 3.35. The van der Waals surface area contributed by atoms with Crippen LogP contribution in [0.15, 0.2) is 64.3 Å². The third kappa shape index (κ3) is 5.24. The van der Waals surface area contributed by atoms with Crippen LogP contribution in [0.3, 0.4) is 0 Å². The van der Waals surface area contributed by atoms with Crippen LogP contribution in [0.4, 0.5) is 0 Å². The van der Waals surface area contributed by atoms with E-state index in [-0.39, 0.29) is 6.54 Å². The molecule has 0 spiro atoms. The summed E-state index contributed by atoms with van der Waals surface area (Å²) < 4.78 is 22.6. The van der Waals surface area contributed by atoms with Gasteiger partial charge >= 0.3 is 13.5 Å². The zero-order valence-corrected chi connectivity index (χ0v) is 18.7. The number of ether oxygens (including phenoxy) is 1. The number of aliphatic hydroxyl groups is 2. The Kier molecular flexibility index (Phi) is 6.80. The maximum Gasteiger partial charge on any atom is 0.469 e. The molecule has 1 saturated heterocycles. The summed E-state index contributed by atoms with van der Waals surface area (Å²) >= 11 is 1.43. The first-order valence-corrected chi connectivity index (χ1v) is 12.2. The van der Waals surface area contributed by atoms with Gasteiger partial charge in [-0.1, -0.05) is 30.3 Å². The van der Waals surface area contributed by atoms with Crippen LogP contribution in [0.25, 0.3) is 10.4 Å². The van der Waals surface area contributed by atoms with Gasteiger partial charge in [0, 0.05) is 22.0 Å². The number of nitrogens with zero attached hydrogens (tertiary/aromatic N) is 2. The van der Waals surface area contributed by atoms with Crippen molar-refractivity contribution in [1.82, 2.24) is 9.13 Å². The van der Waals surface area contributed by atoms with E-state index >= 15 is 0 Å². The van der Waals surface area contributed by atoms with Gasteiger partial charge in [0.15, 0.2) is 6.23 Å². The number of rotatable bonds is 7. The van der Waals surface area contributed by atoms with Gasteiger partial charge in [0.2, 0.25) is 0 Å². The Morgan fingerprint density at radius 3 is 2.45 bits per heavy atom. The fourth-order valence-corrected chi connectivity index (χ4v) is 4.86.